The van der Waals surface area contributed by atoms with Crippen molar-refractivity contribution in [3.05, 3.63) is 35.9 Å². The first-order valence-electron chi connectivity index (χ1n) is 5.79. The van der Waals surface area contributed by atoms with Crippen molar-refractivity contribution < 1.29 is 5.11 Å². The Morgan fingerprint density at radius 3 is 2.88 bits per heavy atom. The van der Waals surface area contributed by atoms with Gasteiger partial charge in [-0.3, -0.25) is 0 Å². The lowest BCUT2D eigenvalue weighted by molar-refractivity contribution is 0.111. The quantitative estimate of drug-likeness (QED) is 0.848. The second-order valence-electron chi connectivity index (χ2n) is 4.64. The molecule has 1 N–H and O–H groups in total. The van der Waals surface area contributed by atoms with E-state index in [1.165, 1.54) is 0 Å². The van der Waals surface area contributed by atoms with Crippen molar-refractivity contribution in [3.8, 4) is 6.07 Å². The second-order valence-corrected chi connectivity index (χ2v) is 4.64. The smallest absolute Gasteiger partial charge is 0.166 e. The number of aliphatic hydroxyl groups is 1. The topological polar surface area (TPSA) is 61.3 Å². The average Bonchev–Trinajstić information content (AvgIpc) is 2.68. The summed E-state index contributed by atoms with van der Waals surface area (Å²) in [4.78, 5) is 4.41. The third-order valence-electron chi connectivity index (χ3n) is 3.74. The third kappa shape index (κ3) is 1.29. The lowest BCUT2D eigenvalue weighted by Crippen LogP contribution is -2.39. The second kappa shape index (κ2) is 3.57. The van der Waals surface area contributed by atoms with E-state index in [0.29, 0.717) is 5.69 Å². The summed E-state index contributed by atoms with van der Waals surface area (Å²) in [5.74, 6) is 0.832. The van der Waals surface area contributed by atoms with Crippen LogP contribution in [0.3, 0.4) is 0 Å². The Morgan fingerprint density at radius 2 is 2.29 bits per heavy atom. The molecule has 3 rings (SSSR count). The summed E-state index contributed by atoms with van der Waals surface area (Å²) >= 11 is 0. The van der Waals surface area contributed by atoms with Crippen LogP contribution in [0.15, 0.2) is 24.4 Å². The van der Waals surface area contributed by atoms with Gasteiger partial charge in [-0.1, -0.05) is 12.5 Å². The average molecular weight is 227 g/mol. The molecule has 0 unspecified atom stereocenters. The third-order valence-corrected chi connectivity index (χ3v) is 3.74. The molecule has 86 valence electrons. The van der Waals surface area contributed by atoms with E-state index in [1.54, 1.807) is 0 Å². The fraction of sp³-hybridized carbons (Fsp3) is 0.385. The van der Waals surface area contributed by atoms with E-state index < -0.39 is 0 Å². The number of nitriles is 1. The van der Waals surface area contributed by atoms with Crippen LogP contribution in [0, 0.1) is 11.3 Å². The molecule has 0 aliphatic heterocycles. The molecular weight excluding hydrogens is 214 g/mol. The van der Waals surface area contributed by atoms with Crippen LogP contribution in [-0.2, 0) is 5.41 Å². The Hall–Kier alpha value is -1.86. The SMILES string of the molecule is N#Cc1nc(C2(CO)CCC2)n2ccccc12. The van der Waals surface area contributed by atoms with Crippen molar-refractivity contribution >= 4 is 5.52 Å². The normalized spacial score (nSPS) is 17.6. The van der Waals surface area contributed by atoms with Gasteiger partial charge in [0.05, 0.1) is 17.5 Å². The van der Waals surface area contributed by atoms with Crippen molar-refractivity contribution in [2.45, 2.75) is 24.7 Å². The minimum atomic E-state index is -0.237. The van der Waals surface area contributed by atoms with Crippen LogP contribution in [0.5, 0.6) is 0 Å². The Bertz CT molecular complexity index is 599. The van der Waals surface area contributed by atoms with Gasteiger partial charge in [0.25, 0.3) is 0 Å². The first kappa shape index (κ1) is 10.3. The van der Waals surface area contributed by atoms with E-state index in [9.17, 15) is 5.11 Å². The zero-order valence-electron chi connectivity index (χ0n) is 9.43. The van der Waals surface area contributed by atoms with Gasteiger partial charge in [-0.05, 0) is 25.0 Å². The fourth-order valence-electron chi connectivity index (χ4n) is 2.55. The van der Waals surface area contributed by atoms with Crippen molar-refractivity contribution in [3.63, 3.8) is 0 Å². The highest BCUT2D eigenvalue weighted by Crippen LogP contribution is 2.43. The number of imidazole rings is 1. The lowest BCUT2D eigenvalue weighted by Gasteiger charge is -2.38. The molecule has 1 saturated carbocycles. The highest BCUT2D eigenvalue weighted by atomic mass is 16.3. The molecule has 4 nitrogen and oxygen atoms in total. The Balaban J connectivity index is 2.27. The van der Waals surface area contributed by atoms with Crippen molar-refractivity contribution in [2.24, 2.45) is 0 Å². The number of hydrogen-bond donors (Lipinski definition) is 1. The van der Waals surface area contributed by atoms with E-state index in [0.717, 1.165) is 30.6 Å². The van der Waals surface area contributed by atoms with Gasteiger partial charge in [0.1, 0.15) is 11.9 Å². The fourth-order valence-corrected chi connectivity index (χ4v) is 2.55. The number of pyridine rings is 1. The number of hydrogen-bond acceptors (Lipinski definition) is 3. The number of aliphatic hydroxyl groups excluding tert-OH is 1. The van der Waals surface area contributed by atoms with Crippen LogP contribution >= 0.6 is 0 Å². The van der Waals surface area contributed by atoms with Gasteiger partial charge < -0.3 is 9.51 Å². The summed E-state index contributed by atoms with van der Waals surface area (Å²) in [5.41, 5.74) is 1.03. The number of nitrogens with zero attached hydrogens (tertiary/aromatic N) is 3. The van der Waals surface area contributed by atoms with Crippen LogP contribution in [-0.4, -0.2) is 21.1 Å². The van der Waals surface area contributed by atoms with Gasteiger partial charge in [0.2, 0.25) is 0 Å². The summed E-state index contributed by atoms with van der Waals surface area (Å²) in [6.45, 7) is 0.103. The standard InChI is InChI=1S/C13H13N3O/c14-8-10-11-4-1-2-7-16(11)12(15-10)13(9-17)5-3-6-13/h1-2,4,7,17H,3,5-6,9H2. The molecular formula is C13H13N3O. The maximum absolute atomic E-state index is 9.60. The molecule has 2 aromatic rings. The van der Waals surface area contributed by atoms with Gasteiger partial charge in [0.15, 0.2) is 5.69 Å². The summed E-state index contributed by atoms with van der Waals surface area (Å²) in [7, 11) is 0. The Labute approximate surface area is 99.1 Å². The summed E-state index contributed by atoms with van der Waals surface area (Å²) in [6.07, 6.45) is 4.92. The predicted octanol–water partition coefficient (Wildman–Crippen LogP) is 1.62. The van der Waals surface area contributed by atoms with Gasteiger partial charge in [-0.2, -0.15) is 5.26 Å². The molecule has 0 saturated heterocycles. The van der Waals surface area contributed by atoms with E-state index in [4.69, 9.17) is 5.26 Å². The molecule has 17 heavy (non-hydrogen) atoms. The maximum atomic E-state index is 9.60. The van der Waals surface area contributed by atoms with Crippen LogP contribution < -0.4 is 0 Å². The lowest BCUT2D eigenvalue weighted by atomic mass is 9.69. The Morgan fingerprint density at radius 1 is 1.47 bits per heavy atom. The highest BCUT2D eigenvalue weighted by molar-refractivity contribution is 5.59. The molecule has 1 fully saturated rings. The molecule has 4 heteroatoms. The summed E-state index contributed by atoms with van der Waals surface area (Å²) in [6, 6.07) is 7.83. The minimum Gasteiger partial charge on any atom is -0.395 e. The van der Waals surface area contributed by atoms with Gasteiger partial charge in [-0.15, -0.1) is 0 Å². The molecule has 0 radical (unpaired) electrons. The van der Waals surface area contributed by atoms with Crippen molar-refractivity contribution in [1.29, 1.82) is 5.26 Å². The first-order chi connectivity index (χ1) is 8.30. The summed E-state index contributed by atoms with van der Waals surface area (Å²) in [5, 5.41) is 18.7. The number of aromatic nitrogens is 2. The Kier molecular flexibility index (Phi) is 2.17. The predicted molar refractivity (Wildman–Crippen MR) is 62.5 cm³/mol. The molecule has 0 amide bonds. The molecule has 1 aliphatic rings. The number of rotatable bonds is 2. The van der Waals surface area contributed by atoms with Crippen molar-refractivity contribution in [1.82, 2.24) is 9.38 Å². The van der Waals surface area contributed by atoms with E-state index in [1.807, 2.05) is 28.8 Å². The van der Waals surface area contributed by atoms with Gasteiger partial charge in [0, 0.05) is 6.20 Å². The monoisotopic (exact) mass is 227 g/mol. The van der Waals surface area contributed by atoms with E-state index in [-0.39, 0.29) is 12.0 Å². The van der Waals surface area contributed by atoms with Crippen molar-refractivity contribution in [2.75, 3.05) is 6.61 Å². The molecule has 1 aliphatic carbocycles. The molecule has 2 aromatic heterocycles. The maximum Gasteiger partial charge on any atom is 0.166 e. The molecule has 2 heterocycles. The zero-order valence-corrected chi connectivity index (χ0v) is 9.43. The molecule has 0 atom stereocenters. The minimum absolute atomic E-state index is 0.103. The summed E-state index contributed by atoms with van der Waals surface area (Å²) < 4.78 is 1.94. The first-order valence-corrected chi connectivity index (χ1v) is 5.79. The van der Waals surface area contributed by atoms with Crippen LogP contribution in [0.25, 0.3) is 5.52 Å². The molecule has 0 aromatic carbocycles. The van der Waals surface area contributed by atoms with Crippen LogP contribution in [0.4, 0.5) is 0 Å². The molecule has 0 bridgehead atoms. The molecule has 0 spiro atoms. The zero-order chi connectivity index (χ0) is 11.9. The van der Waals surface area contributed by atoms with Crippen LogP contribution in [0.2, 0.25) is 0 Å². The largest absolute Gasteiger partial charge is 0.395 e. The van der Waals surface area contributed by atoms with Gasteiger partial charge >= 0.3 is 0 Å². The number of fused-ring (bicyclic) bond motifs is 1. The van der Waals surface area contributed by atoms with Crippen LogP contribution in [0.1, 0.15) is 30.8 Å². The highest BCUT2D eigenvalue weighted by Gasteiger charge is 2.42. The van der Waals surface area contributed by atoms with E-state index >= 15 is 0 Å². The van der Waals surface area contributed by atoms with Gasteiger partial charge in [-0.25, -0.2) is 4.98 Å². The van der Waals surface area contributed by atoms with E-state index in [2.05, 4.69) is 11.1 Å².